The van der Waals surface area contributed by atoms with Crippen LogP contribution in [0.1, 0.15) is 20.8 Å². The molecular weight excluding hydrogens is 310 g/mol. The maximum absolute atomic E-state index is 12.2. The molecule has 0 aliphatic heterocycles. The quantitative estimate of drug-likeness (QED) is 0.833. The maximum atomic E-state index is 12.2. The zero-order valence-electron chi connectivity index (χ0n) is 10.3. The van der Waals surface area contributed by atoms with Gasteiger partial charge in [0, 0.05) is 22.0 Å². The van der Waals surface area contributed by atoms with Gasteiger partial charge in [0.2, 0.25) is 0 Å². The predicted octanol–water partition coefficient (Wildman–Crippen LogP) is 4.09. The summed E-state index contributed by atoms with van der Waals surface area (Å²) >= 11 is 5.12. The minimum Gasteiger partial charge on any atom is -0.337 e. The summed E-state index contributed by atoms with van der Waals surface area (Å²) in [6.45, 7) is 2.66. The predicted molar refractivity (Wildman–Crippen MR) is 79.0 cm³/mol. The van der Waals surface area contributed by atoms with E-state index in [4.69, 9.17) is 0 Å². The van der Waals surface area contributed by atoms with E-state index in [9.17, 15) is 4.79 Å². The summed E-state index contributed by atoms with van der Waals surface area (Å²) in [5, 5.41) is 2.02. The van der Waals surface area contributed by atoms with Gasteiger partial charge in [-0.1, -0.05) is 28.1 Å². The molecule has 18 heavy (non-hydrogen) atoms. The van der Waals surface area contributed by atoms with Gasteiger partial charge in [-0.2, -0.15) is 0 Å². The molecule has 0 aliphatic rings. The Morgan fingerprint density at radius 1 is 1.39 bits per heavy atom. The topological polar surface area (TPSA) is 20.3 Å². The Bertz CT molecular complexity index is 551. The minimum absolute atomic E-state index is 0.0455. The highest BCUT2D eigenvalue weighted by atomic mass is 79.9. The summed E-state index contributed by atoms with van der Waals surface area (Å²) in [4.78, 5) is 15.2. The van der Waals surface area contributed by atoms with Gasteiger partial charge in [-0.05, 0) is 36.1 Å². The van der Waals surface area contributed by atoms with Crippen molar-refractivity contribution in [3.8, 4) is 0 Å². The van der Waals surface area contributed by atoms with E-state index in [-0.39, 0.29) is 5.91 Å². The molecule has 0 bridgehead atoms. The van der Waals surface area contributed by atoms with Crippen molar-refractivity contribution in [2.75, 3.05) is 7.05 Å². The minimum atomic E-state index is 0.0455. The average Bonchev–Trinajstić information content (AvgIpc) is 2.84. The Balaban J connectivity index is 2.12. The lowest BCUT2D eigenvalue weighted by atomic mass is 10.1. The second kappa shape index (κ2) is 5.67. The molecule has 0 spiro atoms. The molecule has 0 radical (unpaired) electrons. The molecule has 0 unspecified atom stereocenters. The molecule has 1 aromatic heterocycles. The number of carbonyl (C=O) groups excluding carboxylic acids is 1. The molecule has 94 valence electrons. The molecule has 0 aliphatic carbocycles. The van der Waals surface area contributed by atoms with E-state index in [0.29, 0.717) is 12.1 Å². The number of halogens is 1. The SMILES string of the molecule is Cc1ccc(C(=O)N(C)Cc2cccs2)cc1Br. The first-order chi connectivity index (χ1) is 8.58. The van der Waals surface area contributed by atoms with Crippen molar-refractivity contribution in [2.45, 2.75) is 13.5 Å². The number of hydrogen-bond acceptors (Lipinski definition) is 2. The molecule has 1 heterocycles. The number of thiophene rings is 1. The highest BCUT2D eigenvalue weighted by Crippen LogP contribution is 2.19. The van der Waals surface area contributed by atoms with Gasteiger partial charge in [-0.25, -0.2) is 0 Å². The van der Waals surface area contributed by atoms with Crippen LogP contribution in [0.5, 0.6) is 0 Å². The molecule has 2 aromatic rings. The van der Waals surface area contributed by atoms with Crippen LogP contribution in [0.15, 0.2) is 40.2 Å². The summed E-state index contributed by atoms with van der Waals surface area (Å²) in [5.74, 6) is 0.0455. The van der Waals surface area contributed by atoms with Crippen LogP contribution in [0.25, 0.3) is 0 Å². The van der Waals surface area contributed by atoms with Gasteiger partial charge in [-0.15, -0.1) is 11.3 Å². The standard InChI is InChI=1S/C14H14BrNOS/c1-10-5-6-11(8-13(10)15)14(17)16(2)9-12-4-3-7-18-12/h3-8H,9H2,1-2H3. The van der Waals surface area contributed by atoms with E-state index in [1.807, 2.05) is 49.7 Å². The number of carbonyl (C=O) groups is 1. The lowest BCUT2D eigenvalue weighted by Crippen LogP contribution is -2.25. The molecular formula is C14H14BrNOS. The van der Waals surface area contributed by atoms with Gasteiger partial charge in [0.1, 0.15) is 0 Å². The van der Waals surface area contributed by atoms with Crippen molar-refractivity contribution in [1.29, 1.82) is 0 Å². The zero-order chi connectivity index (χ0) is 13.1. The Morgan fingerprint density at radius 3 is 2.78 bits per heavy atom. The van der Waals surface area contributed by atoms with Crippen molar-refractivity contribution < 1.29 is 4.79 Å². The number of aryl methyl sites for hydroxylation is 1. The fourth-order valence-corrected chi connectivity index (χ4v) is 2.79. The van der Waals surface area contributed by atoms with Crippen molar-refractivity contribution >= 4 is 33.2 Å². The first-order valence-electron chi connectivity index (χ1n) is 5.62. The van der Waals surface area contributed by atoms with E-state index in [2.05, 4.69) is 15.9 Å². The summed E-state index contributed by atoms with van der Waals surface area (Å²) in [5.41, 5.74) is 1.85. The fraction of sp³-hybridized carbons (Fsp3) is 0.214. The number of nitrogens with zero attached hydrogens (tertiary/aromatic N) is 1. The van der Waals surface area contributed by atoms with Gasteiger partial charge in [0.25, 0.3) is 5.91 Å². The third-order valence-electron chi connectivity index (χ3n) is 2.74. The third-order valence-corrected chi connectivity index (χ3v) is 4.45. The van der Waals surface area contributed by atoms with Crippen LogP contribution in [0.4, 0.5) is 0 Å². The van der Waals surface area contributed by atoms with E-state index < -0.39 is 0 Å². The number of benzene rings is 1. The molecule has 1 aromatic carbocycles. The van der Waals surface area contributed by atoms with Crippen molar-refractivity contribution in [3.63, 3.8) is 0 Å². The third kappa shape index (κ3) is 3.00. The summed E-state index contributed by atoms with van der Waals surface area (Å²) in [6.07, 6.45) is 0. The number of rotatable bonds is 3. The number of hydrogen-bond donors (Lipinski definition) is 0. The monoisotopic (exact) mass is 323 g/mol. The van der Waals surface area contributed by atoms with E-state index in [1.165, 1.54) is 4.88 Å². The van der Waals surface area contributed by atoms with Crippen LogP contribution in [0, 0.1) is 6.92 Å². The lowest BCUT2D eigenvalue weighted by molar-refractivity contribution is 0.0786. The number of amides is 1. The Labute approximate surface area is 119 Å². The van der Waals surface area contributed by atoms with E-state index >= 15 is 0 Å². The summed E-state index contributed by atoms with van der Waals surface area (Å²) in [7, 11) is 1.83. The maximum Gasteiger partial charge on any atom is 0.253 e. The fourth-order valence-electron chi connectivity index (χ4n) is 1.65. The van der Waals surface area contributed by atoms with Gasteiger partial charge in [0.15, 0.2) is 0 Å². The van der Waals surface area contributed by atoms with Gasteiger partial charge in [-0.3, -0.25) is 4.79 Å². The highest BCUT2D eigenvalue weighted by Gasteiger charge is 2.13. The molecule has 0 atom stereocenters. The van der Waals surface area contributed by atoms with Gasteiger partial charge >= 0.3 is 0 Å². The first-order valence-corrected chi connectivity index (χ1v) is 7.29. The largest absolute Gasteiger partial charge is 0.337 e. The van der Waals surface area contributed by atoms with E-state index in [1.54, 1.807) is 16.2 Å². The molecule has 0 fully saturated rings. The Morgan fingerprint density at radius 2 is 2.17 bits per heavy atom. The van der Waals surface area contributed by atoms with Crippen molar-refractivity contribution in [3.05, 3.63) is 56.2 Å². The van der Waals surface area contributed by atoms with Crippen LogP contribution in [0.2, 0.25) is 0 Å². The second-order valence-corrected chi connectivity index (χ2v) is 6.09. The molecule has 2 nitrogen and oxygen atoms in total. The normalized spacial score (nSPS) is 10.4. The van der Waals surface area contributed by atoms with Gasteiger partial charge in [0.05, 0.1) is 6.54 Å². The van der Waals surface area contributed by atoms with Crippen molar-refractivity contribution in [2.24, 2.45) is 0 Å². The average molecular weight is 324 g/mol. The van der Waals surface area contributed by atoms with Crippen LogP contribution >= 0.6 is 27.3 Å². The molecule has 0 saturated heterocycles. The highest BCUT2D eigenvalue weighted by molar-refractivity contribution is 9.10. The molecule has 2 rings (SSSR count). The smallest absolute Gasteiger partial charge is 0.253 e. The van der Waals surface area contributed by atoms with Crippen LogP contribution < -0.4 is 0 Å². The van der Waals surface area contributed by atoms with Crippen LogP contribution in [-0.2, 0) is 6.54 Å². The summed E-state index contributed by atoms with van der Waals surface area (Å²) < 4.78 is 0.970. The summed E-state index contributed by atoms with van der Waals surface area (Å²) in [6, 6.07) is 9.74. The molecule has 4 heteroatoms. The van der Waals surface area contributed by atoms with Crippen LogP contribution in [-0.4, -0.2) is 17.9 Å². The van der Waals surface area contributed by atoms with Crippen molar-refractivity contribution in [1.82, 2.24) is 4.90 Å². The second-order valence-electron chi connectivity index (χ2n) is 4.20. The van der Waals surface area contributed by atoms with Crippen LogP contribution in [0.3, 0.4) is 0 Å². The first kappa shape index (κ1) is 13.3. The Kier molecular flexibility index (Phi) is 4.19. The molecule has 0 saturated carbocycles. The Hall–Kier alpha value is -1.13. The van der Waals surface area contributed by atoms with E-state index in [0.717, 1.165) is 10.0 Å². The zero-order valence-corrected chi connectivity index (χ0v) is 12.7. The molecule has 1 amide bonds. The lowest BCUT2D eigenvalue weighted by Gasteiger charge is -2.16. The molecule has 0 N–H and O–H groups in total. The van der Waals surface area contributed by atoms with Gasteiger partial charge < -0.3 is 4.90 Å².